The SMILES string of the molecule is COc1nc2nc(C)nc(N[C@H](C)c3cccc(C(F)F)c3F)c2cc1O[C@H]1CCOC1. The molecule has 10 heteroatoms. The Hall–Kier alpha value is -3.14. The fourth-order valence-corrected chi connectivity index (χ4v) is 3.61. The molecule has 4 rings (SSSR count). The highest BCUT2D eigenvalue weighted by molar-refractivity contribution is 5.88. The zero-order valence-corrected chi connectivity index (χ0v) is 17.9. The lowest BCUT2D eigenvalue weighted by molar-refractivity contribution is 0.138. The summed E-state index contributed by atoms with van der Waals surface area (Å²) in [6.07, 6.45) is -2.29. The van der Waals surface area contributed by atoms with Crippen LogP contribution in [0.4, 0.5) is 19.0 Å². The Labute approximate surface area is 182 Å². The maximum atomic E-state index is 14.6. The van der Waals surface area contributed by atoms with Crippen LogP contribution in [0.3, 0.4) is 0 Å². The summed E-state index contributed by atoms with van der Waals surface area (Å²) < 4.78 is 57.6. The topological polar surface area (TPSA) is 78.4 Å². The minimum atomic E-state index is -2.90. The minimum Gasteiger partial charge on any atom is -0.482 e. The molecule has 1 saturated heterocycles. The molecule has 0 saturated carbocycles. The third-order valence-electron chi connectivity index (χ3n) is 5.22. The van der Waals surface area contributed by atoms with Crippen molar-refractivity contribution in [3.8, 4) is 11.6 Å². The number of halogens is 3. The monoisotopic (exact) mass is 448 g/mol. The fraction of sp³-hybridized carbons (Fsp3) is 0.409. The molecule has 3 heterocycles. The number of benzene rings is 1. The van der Waals surface area contributed by atoms with Crippen molar-refractivity contribution in [3.63, 3.8) is 0 Å². The van der Waals surface area contributed by atoms with E-state index in [4.69, 9.17) is 14.2 Å². The Morgan fingerprint density at radius 1 is 1.19 bits per heavy atom. The molecule has 2 atom stereocenters. The van der Waals surface area contributed by atoms with E-state index in [1.807, 2.05) is 0 Å². The number of hydrogen-bond acceptors (Lipinski definition) is 7. The van der Waals surface area contributed by atoms with E-state index in [9.17, 15) is 13.2 Å². The van der Waals surface area contributed by atoms with Crippen LogP contribution in [0.2, 0.25) is 0 Å². The molecule has 0 bridgehead atoms. The number of pyridine rings is 1. The molecule has 32 heavy (non-hydrogen) atoms. The molecule has 1 N–H and O–H groups in total. The summed E-state index contributed by atoms with van der Waals surface area (Å²) in [4.78, 5) is 13.2. The molecule has 2 aromatic heterocycles. The fourth-order valence-electron chi connectivity index (χ4n) is 3.61. The molecule has 1 aliphatic rings. The summed E-state index contributed by atoms with van der Waals surface area (Å²) in [5.41, 5.74) is -0.171. The molecule has 1 aliphatic heterocycles. The number of nitrogens with zero attached hydrogens (tertiary/aromatic N) is 3. The van der Waals surface area contributed by atoms with Crippen LogP contribution in [0.1, 0.15) is 42.8 Å². The lowest BCUT2D eigenvalue weighted by Crippen LogP contribution is -2.17. The average molecular weight is 448 g/mol. The average Bonchev–Trinajstić information content (AvgIpc) is 3.26. The van der Waals surface area contributed by atoms with Gasteiger partial charge in [-0.2, -0.15) is 4.98 Å². The Morgan fingerprint density at radius 2 is 1.97 bits per heavy atom. The van der Waals surface area contributed by atoms with Gasteiger partial charge in [-0.05, 0) is 13.8 Å². The first-order valence-corrected chi connectivity index (χ1v) is 10.2. The highest BCUT2D eigenvalue weighted by Gasteiger charge is 2.23. The van der Waals surface area contributed by atoms with Crippen molar-refractivity contribution in [1.29, 1.82) is 0 Å². The van der Waals surface area contributed by atoms with E-state index in [0.29, 0.717) is 41.6 Å². The minimum absolute atomic E-state index is 0.105. The number of methoxy groups -OCH3 is 1. The molecule has 0 radical (unpaired) electrons. The second kappa shape index (κ2) is 9.15. The zero-order chi connectivity index (χ0) is 22.8. The van der Waals surface area contributed by atoms with Gasteiger partial charge < -0.3 is 19.5 Å². The summed E-state index contributed by atoms with van der Waals surface area (Å²) in [7, 11) is 1.49. The molecule has 1 aromatic carbocycles. The summed E-state index contributed by atoms with van der Waals surface area (Å²) in [5.74, 6) is 0.551. The summed E-state index contributed by atoms with van der Waals surface area (Å²) in [6, 6.07) is 5.00. The first kappa shape index (κ1) is 22.1. The number of nitrogens with one attached hydrogen (secondary N) is 1. The van der Waals surface area contributed by atoms with E-state index >= 15 is 0 Å². The third-order valence-corrected chi connectivity index (χ3v) is 5.22. The standard InChI is InChI=1S/C22H23F3N4O3/c1-11(14-5-4-6-15(18(14)23)19(24)25)26-20-16-9-17(32-13-7-8-31-10-13)22(30-3)29-21(16)28-12(2)27-20/h4-6,9,11,13,19H,7-8,10H2,1-3H3,(H,26,27,28,29)/t11-,13+/m1/s1. The highest BCUT2D eigenvalue weighted by atomic mass is 19.3. The first-order chi connectivity index (χ1) is 15.4. The lowest BCUT2D eigenvalue weighted by atomic mass is 10.0. The van der Waals surface area contributed by atoms with Gasteiger partial charge in [0.05, 0.1) is 37.3 Å². The van der Waals surface area contributed by atoms with E-state index in [2.05, 4.69) is 20.3 Å². The number of anilines is 1. The molecular formula is C22H23F3N4O3. The quantitative estimate of drug-likeness (QED) is 0.558. The Morgan fingerprint density at radius 3 is 2.66 bits per heavy atom. The Kier molecular flexibility index (Phi) is 6.31. The normalized spacial score (nSPS) is 17.0. The Bertz CT molecular complexity index is 1120. The smallest absolute Gasteiger partial charge is 0.266 e. The number of ether oxygens (including phenoxy) is 3. The van der Waals surface area contributed by atoms with Gasteiger partial charge in [-0.1, -0.05) is 18.2 Å². The number of aryl methyl sites for hydroxylation is 1. The number of aromatic nitrogens is 3. The number of fused-ring (bicyclic) bond motifs is 1. The Balaban J connectivity index is 1.72. The lowest BCUT2D eigenvalue weighted by Gasteiger charge is -2.19. The van der Waals surface area contributed by atoms with Gasteiger partial charge in [-0.15, -0.1) is 0 Å². The second-order valence-corrected chi connectivity index (χ2v) is 7.51. The molecule has 3 aromatic rings. The van der Waals surface area contributed by atoms with Crippen molar-refractivity contribution in [1.82, 2.24) is 15.0 Å². The largest absolute Gasteiger partial charge is 0.482 e. The van der Waals surface area contributed by atoms with Crippen LogP contribution in [-0.2, 0) is 4.74 Å². The molecule has 0 spiro atoms. The van der Waals surface area contributed by atoms with E-state index in [0.717, 1.165) is 12.5 Å². The van der Waals surface area contributed by atoms with Crippen LogP contribution >= 0.6 is 0 Å². The summed E-state index contributed by atoms with van der Waals surface area (Å²) in [5, 5.41) is 3.64. The maximum Gasteiger partial charge on any atom is 0.266 e. The number of rotatable bonds is 7. The van der Waals surface area contributed by atoms with Crippen molar-refractivity contribution < 1.29 is 27.4 Å². The van der Waals surface area contributed by atoms with Gasteiger partial charge in [0.15, 0.2) is 11.4 Å². The highest BCUT2D eigenvalue weighted by Crippen LogP contribution is 2.35. The molecular weight excluding hydrogens is 425 g/mol. The zero-order valence-electron chi connectivity index (χ0n) is 17.9. The summed E-state index contributed by atoms with van der Waals surface area (Å²) >= 11 is 0. The maximum absolute atomic E-state index is 14.6. The van der Waals surface area contributed by atoms with E-state index in [-0.39, 0.29) is 17.5 Å². The van der Waals surface area contributed by atoms with Crippen molar-refractivity contribution in [3.05, 3.63) is 47.0 Å². The third kappa shape index (κ3) is 4.40. The van der Waals surface area contributed by atoms with E-state index < -0.39 is 23.8 Å². The second-order valence-electron chi connectivity index (χ2n) is 7.51. The van der Waals surface area contributed by atoms with Crippen molar-refractivity contribution >= 4 is 16.9 Å². The van der Waals surface area contributed by atoms with Gasteiger partial charge >= 0.3 is 0 Å². The van der Waals surface area contributed by atoms with Gasteiger partial charge in [0.25, 0.3) is 12.3 Å². The van der Waals surface area contributed by atoms with Gasteiger partial charge in [0, 0.05) is 18.1 Å². The first-order valence-electron chi connectivity index (χ1n) is 10.2. The van der Waals surface area contributed by atoms with Crippen molar-refractivity contribution in [2.75, 3.05) is 25.6 Å². The van der Waals surface area contributed by atoms with Crippen molar-refractivity contribution in [2.24, 2.45) is 0 Å². The number of hydrogen-bond donors (Lipinski definition) is 1. The van der Waals surface area contributed by atoms with Crippen LogP contribution in [-0.4, -0.2) is 41.4 Å². The molecule has 0 unspecified atom stereocenters. The van der Waals surface area contributed by atoms with Crippen LogP contribution in [0.25, 0.3) is 11.0 Å². The molecule has 7 nitrogen and oxygen atoms in total. The predicted octanol–water partition coefficient (Wildman–Crippen LogP) is 4.76. The van der Waals surface area contributed by atoms with Crippen LogP contribution in [0.15, 0.2) is 24.3 Å². The van der Waals surface area contributed by atoms with Crippen LogP contribution < -0.4 is 14.8 Å². The van der Waals surface area contributed by atoms with Crippen molar-refractivity contribution in [2.45, 2.75) is 38.8 Å². The molecule has 1 fully saturated rings. The van der Waals surface area contributed by atoms with Crippen LogP contribution in [0.5, 0.6) is 11.6 Å². The van der Waals surface area contributed by atoms with E-state index in [1.54, 1.807) is 19.9 Å². The van der Waals surface area contributed by atoms with E-state index in [1.165, 1.54) is 19.2 Å². The van der Waals surface area contributed by atoms with Gasteiger partial charge in [-0.3, -0.25) is 0 Å². The van der Waals surface area contributed by atoms with Gasteiger partial charge in [-0.25, -0.2) is 23.1 Å². The molecule has 0 amide bonds. The van der Waals surface area contributed by atoms with Gasteiger partial charge in [0.2, 0.25) is 0 Å². The predicted molar refractivity (Wildman–Crippen MR) is 112 cm³/mol. The molecule has 170 valence electrons. The van der Waals surface area contributed by atoms with Crippen LogP contribution in [0, 0.1) is 12.7 Å². The number of alkyl halides is 2. The summed E-state index contributed by atoms with van der Waals surface area (Å²) in [6.45, 7) is 4.44. The molecule has 0 aliphatic carbocycles. The van der Waals surface area contributed by atoms with Gasteiger partial charge in [0.1, 0.15) is 23.6 Å².